The van der Waals surface area contributed by atoms with Gasteiger partial charge in [0.05, 0.1) is 16.8 Å². The predicted molar refractivity (Wildman–Crippen MR) is 73.4 cm³/mol. The topological polar surface area (TPSA) is 73.8 Å². The molecule has 0 saturated carbocycles. The predicted octanol–water partition coefficient (Wildman–Crippen LogP) is 2.84. The fourth-order valence-corrected chi connectivity index (χ4v) is 1.92. The fourth-order valence-electron chi connectivity index (χ4n) is 1.92. The molecule has 0 unspecified atom stereocenters. The number of hydrogen-bond acceptors (Lipinski definition) is 4. The third-order valence-corrected chi connectivity index (χ3v) is 2.85. The van der Waals surface area contributed by atoms with E-state index in [9.17, 15) is 10.1 Å². The summed E-state index contributed by atoms with van der Waals surface area (Å²) in [7, 11) is 0. The van der Waals surface area contributed by atoms with Crippen LogP contribution in [-0.4, -0.2) is 19.7 Å². The number of pyridine rings is 1. The highest BCUT2D eigenvalue weighted by atomic mass is 16.6. The van der Waals surface area contributed by atoms with Gasteiger partial charge in [-0.1, -0.05) is 30.3 Å². The van der Waals surface area contributed by atoms with E-state index in [1.807, 2.05) is 18.2 Å². The Kier molecular flexibility index (Phi) is 2.96. The SMILES string of the molecule is O=[N+]([O-])c1cn(-c2cccnc2)nc1-c1ccccc1. The molecule has 3 rings (SSSR count). The number of nitro groups is 1. The number of nitrogens with zero attached hydrogens (tertiary/aromatic N) is 4. The number of rotatable bonds is 3. The number of benzene rings is 1. The molecule has 0 aliphatic heterocycles. The number of aromatic nitrogens is 3. The summed E-state index contributed by atoms with van der Waals surface area (Å²) in [6.07, 6.45) is 4.64. The first-order valence-electron chi connectivity index (χ1n) is 5.95. The summed E-state index contributed by atoms with van der Waals surface area (Å²) in [5.74, 6) is 0. The molecule has 98 valence electrons. The lowest BCUT2D eigenvalue weighted by molar-refractivity contribution is -0.384. The molecule has 1 aromatic carbocycles. The van der Waals surface area contributed by atoms with Gasteiger partial charge in [0.15, 0.2) is 5.69 Å². The van der Waals surface area contributed by atoms with Crippen molar-refractivity contribution < 1.29 is 4.92 Å². The van der Waals surface area contributed by atoms with Gasteiger partial charge in [-0.3, -0.25) is 15.1 Å². The second-order valence-electron chi connectivity index (χ2n) is 4.14. The van der Waals surface area contributed by atoms with Crippen molar-refractivity contribution in [3.05, 3.63) is 71.2 Å². The molecule has 6 heteroatoms. The summed E-state index contributed by atoms with van der Waals surface area (Å²) >= 11 is 0. The first-order valence-corrected chi connectivity index (χ1v) is 5.95. The van der Waals surface area contributed by atoms with E-state index in [4.69, 9.17) is 0 Å². The Hall–Kier alpha value is -3.02. The Morgan fingerprint density at radius 1 is 1.10 bits per heavy atom. The summed E-state index contributed by atoms with van der Waals surface area (Å²) in [4.78, 5) is 14.7. The van der Waals surface area contributed by atoms with E-state index in [0.29, 0.717) is 16.9 Å². The van der Waals surface area contributed by atoms with Crippen LogP contribution in [0.1, 0.15) is 0 Å². The van der Waals surface area contributed by atoms with Gasteiger partial charge in [-0.05, 0) is 12.1 Å². The van der Waals surface area contributed by atoms with E-state index in [1.165, 1.54) is 10.9 Å². The maximum atomic E-state index is 11.2. The summed E-state index contributed by atoms with van der Waals surface area (Å²) in [6.45, 7) is 0. The second kappa shape index (κ2) is 4.93. The average molecular weight is 266 g/mol. The zero-order valence-electron chi connectivity index (χ0n) is 10.4. The van der Waals surface area contributed by atoms with Crippen LogP contribution >= 0.6 is 0 Å². The fraction of sp³-hybridized carbons (Fsp3) is 0. The molecule has 2 heterocycles. The standard InChI is InChI=1S/C14H10N4O2/c19-18(20)13-10-17(12-7-4-8-15-9-12)16-14(13)11-5-2-1-3-6-11/h1-10H. The van der Waals surface area contributed by atoms with Gasteiger partial charge in [-0.2, -0.15) is 5.10 Å². The van der Waals surface area contributed by atoms with Gasteiger partial charge in [0, 0.05) is 11.8 Å². The lowest BCUT2D eigenvalue weighted by Gasteiger charge is -1.98. The van der Waals surface area contributed by atoms with Crippen molar-refractivity contribution in [1.29, 1.82) is 0 Å². The number of hydrogen-bond donors (Lipinski definition) is 0. The van der Waals surface area contributed by atoms with Crippen LogP contribution in [0.5, 0.6) is 0 Å². The first-order chi connectivity index (χ1) is 9.75. The van der Waals surface area contributed by atoms with Crippen LogP contribution < -0.4 is 0 Å². The smallest absolute Gasteiger partial charge is 0.262 e. The maximum absolute atomic E-state index is 11.2. The highest BCUT2D eigenvalue weighted by Crippen LogP contribution is 2.29. The molecule has 3 aromatic rings. The van der Waals surface area contributed by atoms with E-state index in [-0.39, 0.29) is 5.69 Å². The van der Waals surface area contributed by atoms with Gasteiger partial charge in [0.2, 0.25) is 0 Å². The van der Waals surface area contributed by atoms with Gasteiger partial charge >= 0.3 is 5.69 Å². The zero-order valence-corrected chi connectivity index (χ0v) is 10.4. The van der Waals surface area contributed by atoms with Gasteiger partial charge in [0.25, 0.3) is 0 Å². The lowest BCUT2D eigenvalue weighted by atomic mass is 10.1. The minimum Gasteiger partial charge on any atom is -0.262 e. The maximum Gasteiger partial charge on any atom is 0.315 e. The third kappa shape index (κ3) is 2.14. The molecular weight excluding hydrogens is 256 g/mol. The molecule has 2 aromatic heterocycles. The molecule has 0 bridgehead atoms. The van der Waals surface area contributed by atoms with Crippen LogP contribution in [0, 0.1) is 10.1 Å². The van der Waals surface area contributed by atoms with E-state index >= 15 is 0 Å². The lowest BCUT2D eigenvalue weighted by Crippen LogP contribution is -1.94. The Morgan fingerprint density at radius 2 is 1.90 bits per heavy atom. The normalized spacial score (nSPS) is 10.4. The molecule has 0 N–H and O–H groups in total. The molecular formula is C14H10N4O2. The highest BCUT2D eigenvalue weighted by Gasteiger charge is 2.21. The van der Waals surface area contributed by atoms with Crippen molar-refractivity contribution in [3.63, 3.8) is 0 Å². The largest absolute Gasteiger partial charge is 0.315 e. The quantitative estimate of drug-likeness (QED) is 0.539. The van der Waals surface area contributed by atoms with Gasteiger partial charge in [-0.15, -0.1) is 0 Å². The monoisotopic (exact) mass is 266 g/mol. The molecule has 0 aliphatic carbocycles. The summed E-state index contributed by atoms with van der Waals surface area (Å²) in [6, 6.07) is 12.6. The zero-order chi connectivity index (χ0) is 13.9. The Balaban J connectivity index is 2.15. The van der Waals surface area contributed by atoms with Gasteiger partial charge in [-0.25, -0.2) is 4.68 Å². The minimum atomic E-state index is -0.428. The van der Waals surface area contributed by atoms with Crippen LogP contribution in [0.2, 0.25) is 0 Å². The second-order valence-corrected chi connectivity index (χ2v) is 4.14. The molecule has 0 atom stereocenters. The molecule has 0 radical (unpaired) electrons. The van der Waals surface area contributed by atoms with Gasteiger partial charge in [0.1, 0.15) is 6.20 Å². The Labute approximate surface area is 114 Å². The highest BCUT2D eigenvalue weighted by molar-refractivity contribution is 5.69. The summed E-state index contributed by atoms with van der Waals surface area (Å²) in [5, 5.41) is 15.5. The van der Waals surface area contributed by atoms with Crippen LogP contribution in [0.25, 0.3) is 16.9 Å². The molecule has 20 heavy (non-hydrogen) atoms. The molecule has 0 aliphatic rings. The minimum absolute atomic E-state index is 0.0277. The molecule has 0 fully saturated rings. The molecule has 0 saturated heterocycles. The van der Waals surface area contributed by atoms with E-state index < -0.39 is 4.92 Å². The van der Waals surface area contributed by atoms with Crippen molar-refractivity contribution in [1.82, 2.24) is 14.8 Å². The first kappa shape index (κ1) is 12.0. The Morgan fingerprint density at radius 3 is 2.55 bits per heavy atom. The molecule has 6 nitrogen and oxygen atoms in total. The molecule has 0 amide bonds. The van der Waals surface area contributed by atoms with Crippen LogP contribution in [0.3, 0.4) is 0 Å². The Bertz CT molecular complexity index is 738. The van der Waals surface area contributed by atoms with E-state index in [2.05, 4.69) is 10.1 Å². The van der Waals surface area contributed by atoms with Crippen molar-refractivity contribution in [2.24, 2.45) is 0 Å². The van der Waals surface area contributed by atoms with Crippen LogP contribution in [0.15, 0.2) is 61.1 Å². The van der Waals surface area contributed by atoms with Gasteiger partial charge < -0.3 is 0 Å². The third-order valence-electron chi connectivity index (χ3n) is 2.85. The molecule has 0 spiro atoms. The van der Waals surface area contributed by atoms with Crippen molar-refractivity contribution in [3.8, 4) is 16.9 Å². The van der Waals surface area contributed by atoms with E-state index in [1.54, 1.807) is 36.7 Å². The summed E-state index contributed by atoms with van der Waals surface area (Å²) in [5.41, 5.74) is 1.71. The van der Waals surface area contributed by atoms with Crippen molar-refractivity contribution >= 4 is 5.69 Å². The average Bonchev–Trinajstić information content (AvgIpc) is 2.94. The van der Waals surface area contributed by atoms with Crippen molar-refractivity contribution in [2.45, 2.75) is 0 Å². The van der Waals surface area contributed by atoms with Crippen LogP contribution in [-0.2, 0) is 0 Å². The van der Waals surface area contributed by atoms with Crippen molar-refractivity contribution in [2.75, 3.05) is 0 Å². The summed E-state index contributed by atoms with van der Waals surface area (Å²) < 4.78 is 1.47. The van der Waals surface area contributed by atoms with E-state index in [0.717, 1.165) is 0 Å². The van der Waals surface area contributed by atoms with Crippen LogP contribution in [0.4, 0.5) is 5.69 Å².